The predicted octanol–water partition coefficient (Wildman–Crippen LogP) is 5.59. The molecule has 6 nitrogen and oxygen atoms in total. The predicted molar refractivity (Wildman–Crippen MR) is 111 cm³/mol. The topological polar surface area (TPSA) is 73.6 Å². The van der Waals surface area contributed by atoms with Crippen molar-refractivity contribution >= 4 is 27.3 Å². The van der Waals surface area contributed by atoms with E-state index in [1.165, 1.54) is 0 Å². The van der Waals surface area contributed by atoms with Gasteiger partial charge in [0.2, 0.25) is 0 Å². The number of nitrogens with zero attached hydrogens (tertiary/aromatic N) is 1. The van der Waals surface area contributed by atoms with Crippen LogP contribution in [0.15, 0.2) is 47.0 Å². The second kappa shape index (κ2) is 7.47. The smallest absolute Gasteiger partial charge is 0.269 e. The van der Waals surface area contributed by atoms with E-state index >= 15 is 0 Å². The van der Waals surface area contributed by atoms with Crippen molar-refractivity contribution < 1.29 is 14.4 Å². The third kappa shape index (κ3) is 3.13. The molecule has 0 unspecified atom stereocenters. The van der Waals surface area contributed by atoms with Crippen molar-refractivity contribution in [3.63, 3.8) is 0 Å². The largest absolute Gasteiger partial charge is 0.493 e. The van der Waals surface area contributed by atoms with Crippen molar-refractivity contribution in [1.82, 2.24) is 0 Å². The fourth-order valence-electron chi connectivity index (χ4n) is 4.23. The molecule has 146 valence electrons. The van der Waals surface area contributed by atoms with E-state index in [2.05, 4.69) is 39.5 Å². The van der Waals surface area contributed by atoms with Crippen LogP contribution in [0.3, 0.4) is 0 Å². The van der Waals surface area contributed by atoms with Crippen LogP contribution in [-0.4, -0.2) is 18.6 Å². The lowest BCUT2D eigenvalue weighted by atomic mass is 9.77. The highest BCUT2D eigenvalue weighted by molar-refractivity contribution is 9.10. The molecule has 2 aliphatic rings. The minimum atomic E-state index is -0.339. The Kier molecular flexibility index (Phi) is 5.02. The first-order chi connectivity index (χ1) is 13.5. The molecule has 1 N–H and O–H groups in total. The van der Waals surface area contributed by atoms with Crippen molar-refractivity contribution in [3.8, 4) is 11.5 Å². The molecule has 2 aromatic rings. The number of ether oxygens (including phenoxy) is 2. The Labute approximate surface area is 171 Å². The van der Waals surface area contributed by atoms with Crippen LogP contribution in [0, 0.1) is 16.0 Å². The van der Waals surface area contributed by atoms with E-state index in [9.17, 15) is 10.1 Å². The number of hydrogen-bond donors (Lipinski definition) is 1. The van der Waals surface area contributed by atoms with E-state index in [1.807, 2.05) is 19.1 Å². The first-order valence-corrected chi connectivity index (χ1v) is 10.0. The SMILES string of the molecule is CCOc1c(Br)cc([C@@H]2Nc3ccc([N+](=O)[O-])cc3[C@@H]3C=CC[C@@H]32)cc1OC. The molecule has 0 saturated carbocycles. The Balaban J connectivity index is 1.76. The van der Waals surface area contributed by atoms with E-state index in [0.717, 1.165) is 27.7 Å². The standard InChI is InChI=1S/C21H21BrN2O4/c1-3-28-21-17(22)9-12(10-19(21)27-2)20-15-6-4-5-14(15)16-11-13(24(25)26)7-8-18(16)23-20/h4-5,7-11,14-15,20,23H,3,6H2,1-2H3/t14-,15+,20+/m1/s1. The van der Waals surface area contributed by atoms with Gasteiger partial charge in [0, 0.05) is 23.7 Å². The number of methoxy groups -OCH3 is 1. The number of nitro benzene ring substituents is 1. The Morgan fingerprint density at radius 1 is 1.32 bits per heavy atom. The van der Waals surface area contributed by atoms with Crippen molar-refractivity contribution in [2.24, 2.45) is 5.92 Å². The summed E-state index contributed by atoms with van der Waals surface area (Å²) >= 11 is 3.61. The van der Waals surface area contributed by atoms with Crippen LogP contribution < -0.4 is 14.8 Å². The molecular formula is C21H21BrN2O4. The molecule has 0 amide bonds. The van der Waals surface area contributed by atoms with Crippen molar-refractivity contribution in [2.75, 3.05) is 19.0 Å². The molecule has 4 rings (SSSR count). The number of nitro groups is 1. The van der Waals surface area contributed by atoms with Gasteiger partial charge in [-0.05, 0) is 64.5 Å². The van der Waals surface area contributed by atoms with Gasteiger partial charge in [0.1, 0.15) is 0 Å². The van der Waals surface area contributed by atoms with Gasteiger partial charge >= 0.3 is 0 Å². The van der Waals surface area contributed by atoms with Gasteiger partial charge in [-0.15, -0.1) is 0 Å². The highest BCUT2D eigenvalue weighted by Crippen LogP contribution is 2.51. The summed E-state index contributed by atoms with van der Waals surface area (Å²) in [5.41, 5.74) is 3.15. The molecule has 1 aliphatic heterocycles. The molecule has 0 bridgehead atoms. The summed E-state index contributed by atoms with van der Waals surface area (Å²) in [6, 6.07) is 9.20. The van der Waals surface area contributed by atoms with Crippen molar-refractivity contribution in [1.29, 1.82) is 0 Å². The van der Waals surface area contributed by atoms with Crippen LogP contribution in [0.2, 0.25) is 0 Å². The zero-order valence-corrected chi connectivity index (χ0v) is 17.2. The van der Waals surface area contributed by atoms with Crippen LogP contribution in [0.5, 0.6) is 11.5 Å². The van der Waals surface area contributed by atoms with Gasteiger partial charge in [0.05, 0.1) is 29.2 Å². The lowest BCUT2D eigenvalue weighted by Gasteiger charge is -2.37. The molecule has 0 radical (unpaired) electrons. The zero-order chi connectivity index (χ0) is 19.8. The molecule has 28 heavy (non-hydrogen) atoms. The first kappa shape index (κ1) is 18.8. The molecule has 0 aromatic heterocycles. The van der Waals surface area contributed by atoms with Gasteiger partial charge < -0.3 is 14.8 Å². The maximum Gasteiger partial charge on any atom is 0.269 e. The molecular weight excluding hydrogens is 424 g/mol. The first-order valence-electron chi connectivity index (χ1n) is 9.25. The Hall–Kier alpha value is -2.54. The molecule has 0 saturated heterocycles. The summed E-state index contributed by atoms with van der Waals surface area (Å²) in [5, 5.41) is 14.8. The summed E-state index contributed by atoms with van der Waals surface area (Å²) < 4.78 is 12.1. The quantitative estimate of drug-likeness (QED) is 0.369. The Bertz CT molecular complexity index is 960. The number of halogens is 1. The van der Waals surface area contributed by atoms with Crippen LogP contribution in [-0.2, 0) is 0 Å². The molecule has 3 atom stereocenters. The highest BCUT2D eigenvalue weighted by Gasteiger charge is 2.39. The zero-order valence-electron chi connectivity index (χ0n) is 15.6. The fourth-order valence-corrected chi connectivity index (χ4v) is 4.80. The Morgan fingerprint density at radius 2 is 2.14 bits per heavy atom. The third-order valence-electron chi connectivity index (χ3n) is 5.46. The molecule has 0 fully saturated rings. The summed E-state index contributed by atoms with van der Waals surface area (Å²) in [4.78, 5) is 10.9. The molecule has 2 aromatic carbocycles. The highest BCUT2D eigenvalue weighted by atomic mass is 79.9. The fraction of sp³-hybridized carbons (Fsp3) is 0.333. The van der Waals surface area contributed by atoms with Crippen molar-refractivity contribution in [2.45, 2.75) is 25.3 Å². The van der Waals surface area contributed by atoms with Crippen LogP contribution >= 0.6 is 15.9 Å². The minimum Gasteiger partial charge on any atom is -0.493 e. The average Bonchev–Trinajstić information content (AvgIpc) is 3.18. The number of benzene rings is 2. The summed E-state index contributed by atoms with van der Waals surface area (Å²) in [6.45, 7) is 2.49. The number of hydrogen-bond acceptors (Lipinski definition) is 5. The van der Waals surface area contributed by atoms with Gasteiger partial charge in [-0.25, -0.2) is 0 Å². The summed E-state index contributed by atoms with van der Waals surface area (Å²) in [6.07, 6.45) is 5.25. The normalized spacial score (nSPS) is 22.2. The molecule has 1 heterocycles. The number of anilines is 1. The van der Waals surface area contributed by atoms with Crippen LogP contribution in [0.4, 0.5) is 11.4 Å². The minimum absolute atomic E-state index is 0.0647. The molecule has 7 heteroatoms. The maximum atomic E-state index is 11.2. The second-order valence-corrected chi connectivity index (χ2v) is 7.83. The van der Waals surface area contributed by atoms with Gasteiger partial charge in [0.25, 0.3) is 5.69 Å². The number of fused-ring (bicyclic) bond motifs is 3. The summed E-state index contributed by atoms with van der Waals surface area (Å²) in [5.74, 6) is 1.81. The Morgan fingerprint density at radius 3 is 2.86 bits per heavy atom. The second-order valence-electron chi connectivity index (χ2n) is 6.97. The van der Waals surface area contributed by atoms with Gasteiger partial charge in [-0.2, -0.15) is 0 Å². The number of nitrogens with one attached hydrogen (secondary N) is 1. The lowest BCUT2D eigenvalue weighted by Crippen LogP contribution is -2.29. The molecule has 0 spiro atoms. The summed E-state index contributed by atoms with van der Waals surface area (Å²) in [7, 11) is 1.64. The van der Waals surface area contributed by atoms with Gasteiger partial charge in [-0.1, -0.05) is 12.2 Å². The number of allylic oxidation sites excluding steroid dienone is 2. The third-order valence-corrected chi connectivity index (χ3v) is 6.05. The van der Waals surface area contributed by atoms with Crippen LogP contribution in [0.25, 0.3) is 0 Å². The van der Waals surface area contributed by atoms with E-state index in [-0.39, 0.29) is 28.5 Å². The maximum absolute atomic E-state index is 11.2. The van der Waals surface area contributed by atoms with Crippen LogP contribution in [0.1, 0.15) is 36.4 Å². The lowest BCUT2D eigenvalue weighted by molar-refractivity contribution is -0.384. The van der Waals surface area contributed by atoms with Gasteiger partial charge in [0.15, 0.2) is 11.5 Å². The average molecular weight is 445 g/mol. The molecule has 1 aliphatic carbocycles. The number of rotatable bonds is 5. The monoisotopic (exact) mass is 444 g/mol. The van der Waals surface area contributed by atoms with E-state index in [0.29, 0.717) is 18.1 Å². The van der Waals surface area contributed by atoms with E-state index in [4.69, 9.17) is 9.47 Å². The van der Waals surface area contributed by atoms with E-state index in [1.54, 1.807) is 19.2 Å². The number of non-ortho nitro benzene ring substituents is 1. The van der Waals surface area contributed by atoms with Crippen molar-refractivity contribution in [3.05, 3.63) is 68.2 Å². The van der Waals surface area contributed by atoms with E-state index < -0.39 is 0 Å². The van der Waals surface area contributed by atoms with Gasteiger partial charge in [-0.3, -0.25) is 10.1 Å².